The first kappa shape index (κ1) is 21.1. The Hall–Kier alpha value is -3.65. The Morgan fingerprint density at radius 3 is 2.43 bits per heavy atom. The van der Waals surface area contributed by atoms with E-state index in [9.17, 15) is 14.9 Å². The minimum Gasteiger partial charge on any atom is -0.354 e. The van der Waals surface area contributed by atoms with E-state index in [0.29, 0.717) is 31.5 Å². The topological polar surface area (TPSA) is 110 Å². The molecule has 3 aromatic rings. The lowest BCUT2D eigenvalue weighted by molar-refractivity contribution is -0.385. The van der Waals surface area contributed by atoms with Crippen molar-refractivity contribution in [2.75, 3.05) is 13.1 Å². The summed E-state index contributed by atoms with van der Waals surface area (Å²) in [5.41, 5.74) is 2.33. The number of nitro benzene ring substituents is 1. The molecule has 2 N–H and O–H groups in total. The Balaban J connectivity index is 1.69. The summed E-state index contributed by atoms with van der Waals surface area (Å²) < 4.78 is 0. The number of nitrogens with zero attached hydrogens (tertiary/aromatic N) is 3. The van der Waals surface area contributed by atoms with Gasteiger partial charge in [0.25, 0.3) is 5.69 Å². The Bertz CT molecular complexity index is 967. The van der Waals surface area contributed by atoms with Gasteiger partial charge >= 0.3 is 0 Å². The Kier molecular flexibility index (Phi) is 7.57. The maximum atomic E-state index is 12.9. The molecule has 0 spiro atoms. The zero-order valence-electron chi connectivity index (χ0n) is 16.4. The van der Waals surface area contributed by atoms with E-state index in [2.05, 4.69) is 20.6 Å². The van der Waals surface area contributed by atoms with E-state index in [1.165, 1.54) is 6.07 Å². The molecule has 0 aliphatic heterocycles. The van der Waals surface area contributed by atoms with E-state index >= 15 is 0 Å². The third-order valence-corrected chi connectivity index (χ3v) is 4.65. The summed E-state index contributed by atoms with van der Waals surface area (Å²) in [5, 5.41) is 17.5. The molecule has 0 aliphatic rings. The van der Waals surface area contributed by atoms with Gasteiger partial charge in [0.2, 0.25) is 5.91 Å². The van der Waals surface area contributed by atoms with Gasteiger partial charge in [0.15, 0.2) is 0 Å². The van der Waals surface area contributed by atoms with E-state index in [4.69, 9.17) is 0 Å². The van der Waals surface area contributed by atoms with Gasteiger partial charge in [0, 0.05) is 43.9 Å². The summed E-state index contributed by atoms with van der Waals surface area (Å²) in [6.45, 7) is 0.893. The average molecular weight is 405 g/mol. The Labute approximate surface area is 174 Å². The number of amides is 1. The molecule has 0 radical (unpaired) electrons. The average Bonchev–Trinajstić information content (AvgIpc) is 2.78. The van der Waals surface area contributed by atoms with Gasteiger partial charge < -0.3 is 10.6 Å². The zero-order chi connectivity index (χ0) is 21.2. The minimum atomic E-state index is -0.833. The molecular weight excluding hydrogens is 382 g/mol. The van der Waals surface area contributed by atoms with Crippen LogP contribution >= 0.6 is 0 Å². The molecule has 1 aromatic carbocycles. The van der Waals surface area contributed by atoms with Crippen LogP contribution in [0.2, 0.25) is 0 Å². The van der Waals surface area contributed by atoms with Crippen molar-refractivity contribution in [2.24, 2.45) is 0 Å². The lowest BCUT2D eigenvalue weighted by atomic mass is 10.0. The molecule has 30 heavy (non-hydrogen) atoms. The highest BCUT2D eigenvalue weighted by Crippen LogP contribution is 2.25. The van der Waals surface area contributed by atoms with Crippen LogP contribution in [0.25, 0.3) is 0 Å². The van der Waals surface area contributed by atoms with E-state index in [1.807, 2.05) is 24.3 Å². The monoisotopic (exact) mass is 405 g/mol. The highest BCUT2D eigenvalue weighted by atomic mass is 16.6. The van der Waals surface area contributed by atoms with Gasteiger partial charge in [-0.2, -0.15) is 0 Å². The molecule has 0 aliphatic carbocycles. The number of aromatic nitrogens is 2. The second-order valence-corrected chi connectivity index (χ2v) is 6.71. The minimum absolute atomic E-state index is 0.0827. The SMILES string of the molecule is O=C(NCCc1ccncc1)C(NCCc1cccnc1)c1ccccc1[N+](=O)[O-]. The van der Waals surface area contributed by atoms with Crippen molar-refractivity contribution in [1.29, 1.82) is 0 Å². The van der Waals surface area contributed by atoms with Crippen LogP contribution in [0.5, 0.6) is 0 Å². The van der Waals surface area contributed by atoms with Crippen molar-refractivity contribution in [3.05, 3.63) is 100 Å². The molecule has 8 heteroatoms. The first-order valence-electron chi connectivity index (χ1n) is 9.67. The maximum Gasteiger partial charge on any atom is 0.274 e. The molecule has 3 rings (SSSR count). The smallest absolute Gasteiger partial charge is 0.274 e. The molecule has 0 saturated carbocycles. The molecule has 2 aromatic heterocycles. The largest absolute Gasteiger partial charge is 0.354 e. The molecule has 0 bridgehead atoms. The number of hydrogen-bond acceptors (Lipinski definition) is 6. The van der Waals surface area contributed by atoms with Gasteiger partial charge in [-0.05, 0) is 42.2 Å². The van der Waals surface area contributed by atoms with Gasteiger partial charge in [-0.3, -0.25) is 24.9 Å². The van der Waals surface area contributed by atoms with Crippen LogP contribution in [0, 0.1) is 10.1 Å². The third-order valence-electron chi connectivity index (χ3n) is 4.65. The molecule has 1 amide bonds. The molecule has 1 atom stereocenters. The quantitative estimate of drug-likeness (QED) is 0.396. The highest BCUT2D eigenvalue weighted by molar-refractivity contribution is 5.84. The maximum absolute atomic E-state index is 12.9. The fourth-order valence-electron chi connectivity index (χ4n) is 3.13. The van der Waals surface area contributed by atoms with Crippen molar-refractivity contribution in [1.82, 2.24) is 20.6 Å². The van der Waals surface area contributed by atoms with Gasteiger partial charge in [-0.15, -0.1) is 0 Å². The van der Waals surface area contributed by atoms with Crippen molar-refractivity contribution in [2.45, 2.75) is 18.9 Å². The van der Waals surface area contributed by atoms with Gasteiger partial charge in [0.05, 0.1) is 10.5 Å². The molecule has 2 heterocycles. The Morgan fingerprint density at radius 1 is 0.933 bits per heavy atom. The summed E-state index contributed by atoms with van der Waals surface area (Å²) in [5.74, 6) is -0.301. The lowest BCUT2D eigenvalue weighted by Crippen LogP contribution is -2.39. The van der Waals surface area contributed by atoms with E-state index in [1.54, 1.807) is 43.0 Å². The highest BCUT2D eigenvalue weighted by Gasteiger charge is 2.27. The van der Waals surface area contributed by atoms with E-state index in [-0.39, 0.29) is 11.6 Å². The molecule has 0 fully saturated rings. The van der Waals surface area contributed by atoms with Crippen LogP contribution in [0.1, 0.15) is 22.7 Å². The van der Waals surface area contributed by atoms with Crippen LogP contribution in [-0.2, 0) is 17.6 Å². The van der Waals surface area contributed by atoms with Crippen LogP contribution < -0.4 is 10.6 Å². The first-order chi connectivity index (χ1) is 14.6. The van der Waals surface area contributed by atoms with Crippen LogP contribution in [-0.4, -0.2) is 33.9 Å². The lowest BCUT2D eigenvalue weighted by Gasteiger charge is -2.19. The number of para-hydroxylation sites is 1. The summed E-state index contributed by atoms with van der Waals surface area (Å²) in [6, 6.07) is 13.1. The zero-order valence-corrected chi connectivity index (χ0v) is 16.4. The molecule has 8 nitrogen and oxygen atoms in total. The number of nitrogens with one attached hydrogen (secondary N) is 2. The number of carbonyl (C=O) groups excluding carboxylic acids is 1. The molecule has 0 saturated heterocycles. The summed E-state index contributed by atoms with van der Waals surface area (Å²) in [7, 11) is 0. The third kappa shape index (κ3) is 5.92. The van der Waals surface area contributed by atoms with Gasteiger partial charge in [0.1, 0.15) is 6.04 Å². The van der Waals surface area contributed by atoms with E-state index in [0.717, 1.165) is 11.1 Å². The molecule has 1 unspecified atom stereocenters. The van der Waals surface area contributed by atoms with Crippen molar-refractivity contribution in [3.63, 3.8) is 0 Å². The second kappa shape index (κ2) is 10.8. The van der Waals surface area contributed by atoms with Crippen molar-refractivity contribution < 1.29 is 9.72 Å². The van der Waals surface area contributed by atoms with Crippen LogP contribution in [0.15, 0.2) is 73.3 Å². The number of rotatable bonds is 10. The van der Waals surface area contributed by atoms with Gasteiger partial charge in [-0.1, -0.05) is 24.3 Å². The Morgan fingerprint density at radius 2 is 1.70 bits per heavy atom. The normalized spacial score (nSPS) is 11.6. The van der Waals surface area contributed by atoms with Crippen molar-refractivity contribution in [3.8, 4) is 0 Å². The predicted molar refractivity (Wildman–Crippen MR) is 113 cm³/mol. The number of pyridine rings is 2. The molecular formula is C22H23N5O3. The van der Waals surface area contributed by atoms with Gasteiger partial charge in [-0.25, -0.2) is 0 Å². The fourth-order valence-corrected chi connectivity index (χ4v) is 3.13. The van der Waals surface area contributed by atoms with E-state index < -0.39 is 11.0 Å². The summed E-state index contributed by atoms with van der Waals surface area (Å²) in [6.07, 6.45) is 8.16. The predicted octanol–water partition coefficient (Wildman–Crippen LogP) is 2.62. The number of nitro groups is 1. The number of benzene rings is 1. The standard InChI is InChI=1S/C22H23N5O3/c28-22(26-15-9-17-7-12-23-13-8-17)21(19-5-1-2-6-20(19)27(29)30)25-14-10-18-4-3-11-24-16-18/h1-8,11-13,16,21,25H,9-10,14-15H2,(H,26,28). The molecule has 154 valence electrons. The summed E-state index contributed by atoms with van der Waals surface area (Å²) in [4.78, 5) is 32.0. The summed E-state index contributed by atoms with van der Waals surface area (Å²) >= 11 is 0. The first-order valence-corrected chi connectivity index (χ1v) is 9.67. The van der Waals surface area contributed by atoms with Crippen LogP contribution in [0.3, 0.4) is 0 Å². The fraction of sp³-hybridized carbons (Fsp3) is 0.227. The van der Waals surface area contributed by atoms with Crippen LogP contribution in [0.4, 0.5) is 5.69 Å². The number of hydrogen-bond donors (Lipinski definition) is 2. The number of carbonyl (C=O) groups is 1. The second-order valence-electron chi connectivity index (χ2n) is 6.71. The van der Waals surface area contributed by atoms with Crippen molar-refractivity contribution >= 4 is 11.6 Å².